The minimum absolute atomic E-state index is 0.283. The van der Waals surface area contributed by atoms with Crippen molar-refractivity contribution in [3.8, 4) is 6.07 Å². The number of benzene rings is 1. The predicted molar refractivity (Wildman–Crippen MR) is 99.4 cm³/mol. The van der Waals surface area contributed by atoms with Gasteiger partial charge in [0.15, 0.2) is 5.69 Å². The molecule has 0 amide bonds. The van der Waals surface area contributed by atoms with Gasteiger partial charge < -0.3 is 14.5 Å². The first-order chi connectivity index (χ1) is 13.2. The molecular weight excluding hydrogens is 344 g/mol. The molecule has 0 radical (unpaired) electrons. The number of aromatic nitrogens is 2. The van der Waals surface area contributed by atoms with Crippen molar-refractivity contribution in [2.24, 2.45) is 0 Å². The number of carbonyl (C=O) groups excluding carboxylic acids is 1. The maximum Gasteiger partial charge on any atom is 0.356 e. The molecule has 0 saturated carbocycles. The molecule has 134 valence electrons. The van der Waals surface area contributed by atoms with Crippen molar-refractivity contribution in [2.45, 2.75) is 13.5 Å². The Hall–Kier alpha value is -3.79. The number of hydrogen-bond acceptors (Lipinski definition) is 6. The largest absolute Gasteiger partial charge is 0.467 e. The quantitative estimate of drug-likeness (QED) is 0.545. The molecule has 0 unspecified atom stereocenters. The molecule has 0 saturated heterocycles. The van der Waals surface area contributed by atoms with Crippen LogP contribution in [0, 0.1) is 11.3 Å². The smallest absolute Gasteiger partial charge is 0.356 e. The molecule has 0 aliphatic carbocycles. The van der Waals surface area contributed by atoms with E-state index in [1.807, 2.05) is 30.3 Å². The number of fused-ring (bicyclic) bond motifs is 3. The molecule has 7 heteroatoms. The normalized spacial score (nSPS) is 10.8. The zero-order valence-electron chi connectivity index (χ0n) is 14.6. The summed E-state index contributed by atoms with van der Waals surface area (Å²) in [4.78, 5) is 16.6. The lowest BCUT2D eigenvalue weighted by atomic mass is 10.1. The van der Waals surface area contributed by atoms with Gasteiger partial charge in [-0.1, -0.05) is 0 Å². The monoisotopic (exact) mass is 360 g/mol. The molecule has 0 atom stereocenters. The first-order valence-electron chi connectivity index (χ1n) is 8.49. The molecular formula is C20H16N4O3. The number of nitriles is 1. The van der Waals surface area contributed by atoms with Crippen LogP contribution in [-0.2, 0) is 11.3 Å². The van der Waals surface area contributed by atoms with E-state index in [0.29, 0.717) is 29.1 Å². The molecule has 1 N–H and O–H groups in total. The van der Waals surface area contributed by atoms with Gasteiger partial charge in [0, 0.05) is 5.39 Å². The number of nitrogens with one attached hydrogen (secondary N) is 1. The number of imidazole rings is 1. The maximum atomic E-state index is 12.3. The number of esters is 1. The molecule has 4 rings (SSSR count). The summed E-state index contributed by atoms with van der Waals surface area (Å²) in [5.74, 6) is 0.318. The third-order valence-corrected chi connectivity index (χ3v) is 4.28. The van der Waals surface area contributed by atoms with Crippen molar-refractivity contribution >= 4 is 28.2 Å². The number of ether oxygens (including phenoxy) is 1. The predicted octanol–water partition coefficient (Wildman–Crippen LogP) is 3.74. The van der Waals surface area contributed by atoms with Crippen LogP contribution in [0.3, 0.4) is 0 Å². The lowest BCUT2D eigenvalue weighted by Gasteiger charge is -2.13. The molecule has 0 spiro atoms. The Morgan fingerprint density at radius 3 is 2.96 bits per heavy atom. The van der Waals surface area contributed by atoms with Gasteiger partial charge in [0.1, 0.15) is 17.5 Å². The zero-order valence-corrected chi connectivity index (χ0v) is 14.6. The average molecular weight is 360 g/mol. The standard InChI is InChI=1S/C20H16N4O3/c1-2-26-20(25)17-12-22-18-8-6-15-16(24(17)18)7-5-13(10-21)19(15)23-11-14-4-3-9-27-14/h3-9,12,23H,2,11H2,1H3. The molecule has 4 aromatic rings. The van der Waals surface area contributed by atoms with Crippen LogP contribution in [0.1, 0.15) is 28.7 Å². The summed E-state index contributed by atoms with van der Waals surface area (Å²) in [6, 6.07) is 13.1. The number of nitrogens with zero attached hydrogens (tertiary/aromatic N) is 3. The van der Waals surface area contributed by atoms with Gasteiger partial charge in [-0.2, -0.15) is 5.26 Å². The van der Waals surface area contributed by atoms with Crippen molar-refractivity contribution in [1.82, 2.24) is 9.38 Å². The Labute approximate surface area is 154 Å². The number of anilines is 1. The third-order valence-electron chi connectivity index (χ3n) is 4.28. The number of pyridine rings is 1. The van der Waals surface area contributed by atoms with Crippen molar-refractivity contribution in [1.29, 1.82) is 5.26 Å². The van der Waals surface area contributed by atoms with Gasteiger partial charge in [-0.25, -0.2) is 9.78 Å². The highest BCUT2D eigenvalue weighted by molar-refractivity contribution is 5.98. The zero-order chi connectivity index (χ0) is 18.8. The van der Waals surface area contributed by atoms with E-state index in [0.717, 1.165) is 16.7 Å². The summed E-state index contributed by atoms with van der Waals surface area (Å²) in [5, 5.41) is 13.6. The second kappa shape index (κ2) is 6.84. The number of carbonyl (C=O) groups is 1. The summed E-state index contributed by atoms with van der Waals surface area (Å²) in [6.07, 6.45) is 3.10. The highest BCUT2D eigenvalue weighted by atomic mass is 16.5. The van der Waals surface area contributed by atoms with Crippen LogP contribution in [0.4, 0.5) is 5.69 Å². The lowest BCUT2D eigenvalue weighted by Crippen LogP contribution is -2.09. The maximum absolute atomic E-state index is 12.3. The van der Waals surface area contributed by atoms with E-state index in [1.165, 1.54) is 6.20 Å². The minimum atomic E-state index is -0.438. The van der Waals surface area contributed by atoms with E-state index in [-0.39, 0.29) is 6.61 Å². The van der Waals surface area contributed by atoms with Crippen LogP contribution >= 0.6 is 0 Å². The summed E-state index contributed by atoms with van der Waals surface area (Å²) < 4.78 is 12.2. The summed E-state index contributed by atoms with van der Waals surface area (Å²) in [7, 11) is 0. The molecule has 0 aliphatic heterocycles. The molecule has 1 aromatic carbocycles. The molecule has 3 aromatic heterocycles. The van der Waals surface area contributed by atoms with Crippen LogP contribution in [0.2, 0.25) is 0 Å². The Balaban J connectivity index is 1.89. The summed E-state index contributed by atoms with van der Waals surface area (Å²) >= 11 is 0. The minimum Gasteiger partial charge on any atom is -0.467 e. The van der Waals surface area contributed by atoms with E-state index >= 15 is 0 Å². The van der Waals surface area contributed by atoms with Crippen LogP contribution < -0.4 is 5.32 Å². The van der Waals surface area contributed by atoms with E-state index < -0.39 is 5.97 Å². The van der Waals surface area contributed by atoms with Gasteiger partial charge in [-0.3, -0.25) is 4.40 Å². The van der Waals surface area contributed by atoms with Crippen molar-refractivity contribution in [2.75, 3.05) is 11.9 Å². The fourth-order valence-electron chi connectivity index (χ4n) is 3.09. The van der Waals surface area contributed by atoms with Crippen molar-refractivity contribution < 1.29 is 13.9 Å². The van der Waals surface area contributed by atoms with Crippen LogP contribution in [0.15, 0.2) is 53.3 Å². The number of rotatable bonds is 5. The summed E-state index contributed by atoms with van der Waals surface area (Å²) in [5.41, 5.74) is 2.92. The first-order valence-corrected chi connectivity index (χ1v) is 8.49. The topological polar surface area (TPSA) is 92.6 Å². The van der Waals surface area contributed by atoms with Gasteiger partial charge in [-0.05, 0) is 43.3 Å². The fourth-order valence-corrected chi connectivity index (χ4v) is 3.09. The Morgan fingerprint density at radius 1 is 1.33 bits per heavy atom. The van der Waals surface area contributed by atoms with Gasteiger partial charge in [-0.15, -0.1) is 0 Å². The second-order valence-corrected chi connectivity index (χ2v) is 5.86. The molecule has 0 aliphatic rings. The van der Waals surface area contributed by atoms with E-state index in [1.54, 1.807) is 23.7 Å². The van der Waals surface area contributed by atoms with Gasteiger partial charge in [0.25, 0.3) is 0 Å². The SMILES string of the molecule is CCOC(=O)c1cnc2ccc3c(NCc4ccco4)c(C#N)ccc3n12. The summed E-state index contributed by atoms with van der Waals surface area (Å²) in [6.45, 7) is 2.48. The van der Waals surface area contributed by atoms with E-state index in [4.69, 9.17) is 9.15 Å². The molecule has 0 bridgehead atoms. The Morgan fingerprint density at radius 2 is 2.22 bits per heavy atom. The number of hydrogen-bond donors (Lipinski definition) is 1. The molecule has 0 fully saturated rings. The van der Waals surface area contributed by atoms with Crippen molar-refractivity contribution in [3.05, 3.63) is 65.9 Å². The second-order valence-electron chi connectivity index (χ2n) is 5.86. The van der Waals surface area contributed by atoms with Gasteiger partial charge in [0.05, 0.1) is 42.4 Å². The average Bonchev–Trinajstić information content (AvgIpc) is 3.35. The third kappa shape index (κ3) is 2.87. The van der Waals surface area contributed by atoms with E-state index in [2.05, 4.69) is 16.4 Å². The van der Waals surface area contributed by atoms with Gasteiger partial charge in [0.2, 0.25) is 0 Å². The Bertz CT molecular complexity index is 1170. The molecule has 27 heavy (non-hydrogen) atoms. The van der Waals surface area contributed by atoms with Gasteiger partial charge >= 0.3 is 5.97 Å². The van der Waals surface area contributed by atoms with E-state index in [9.17, 15) is 10.1 Å². The lowest BCUT2D eigenvalue weighted by molar-refractivity contribution is 0.0518. The highest BCUT2D eigenvalue weighted by Crippen LogP contribution is 2.29. The van der Waals surface area contributed by atoms with Crippen LogP contribution in [0.25, 0.3) is 16.6 Å². The first kappa shape index (κ1) is 16.7. The number of furan rings is 1. The van der Waals surface area contributed by atoms with Crippen LogP contribution in [0.5, 0.6) is 0 Å². The van der Waals surface area contributed by atoms with Crippen LogP contribution in [-0.4, -0.2) is 22.0 Å². The van der Waals surface area contributed by atoms with Crippen molar-refractivity contribution in [3.63, 3.8) is 0 Å². The Kier molecular flexibility index (Phi) is 4.22. The molecule has 7 nitrogen and oxygen atoms in total. The molecule has 3 heterocycles. The highest BCUT2D eigenvalue weighted by Gasteiger charge is 2.17. The fraction of sp³-hybridized carbons (Fsp3) is 0.150.